The predicted octanol–water partition coefficient (Wildman–Crippen LogP) is 5.37. The molecule has 6 nitrogen and oxygen atoms in total. The van der Waals surface area contributed by atoms with Crippen LogP contribution in [0.15, 0.2) is 85.2 Å². The molecule has 5 rings (SSSR count). The zero-order valence-corrected chi connectivity index (χ0v) is 17.8. The summed E-state index contributed by atoms with van der Waals surface area (Å²) in [6, 6.07) is 18.5. The van der Waals surface area contributed by atoms with E-state index in [-0.39, 0.29) is 27.4 Å². The number of benzene rings is 3. The van der Waals surface area contributed by atoms with Gasteiger partial charge in [0.05, 0.1) is 11.7 Å². The fourth-order valence-electron chi connectivity index (χ4n) is 4.14. The summed E-state index contributed by atoms with van der Waals surface area (Å²) in [6.45, 7) is 0. The van der Waals surface area contributed by atoms with Crippen molar-refractivity contribution in [2.75, 3.05) is 0 Å². The van der Waals surface area contributed by atoms with Gasteiger partial charge in [-0.2, -0.15) is 23.0 Å². The number of rotatable bonds is 3. The first-order valence-electron chi connectivity index (χ1n) is 10.3. The maximum absolute atomic E-state index is 14.4. The molecule has 0 aliphatic rings. The molecule has 1 N–H and O–H groups in total. The van der Waals surface area contributed by atoms with Crippen molar-refractivity contribution < 1.29 is 27.8 Å². The van der Waals surface area contributed by atoms with Crippen LogP contribution in [0.25, 0.3) is 21.8 Å². The van der Waals surface area contributed by atoms with Crippen molar-refractivity contribution in [3.05, 3.63) is 96.3 Å². The van der Waals surface area contributed by atoms with Crippen molar-refractivity contribution in [2.45, 2.75) is 11.8 Å². The van der Waals surface area contributed by atoms with E-state index in [0.29, 0.717) is 11.3 Å². The average Bonchev–Trinajstić information content (AvgIpc) is 3.40. The van der Waals surface area contributed by atoms with Gasteiger partial charge in [-0.3, -0.25) is 0 Å². The van der Waals surface area contributed by atoms with Crippen LogP contribution in [-0.4, -0.2) is 31.7 Å². The van der Waals surface area contributed by atoms with E-state index in [2.05, 4.69) is 5.10 Å². The third-order valence-electron chi connectivity index (χ3n) is 5.80. The van der Waals surface area contributed by atoms with Crippen LogP contribution in [0.5, 0.6) is 5.75 Å². The highest BCUT2D eigenvalue weighted by Gasteiger charge is 2.57. The number of hydrogen-bond acceptors (Lipinski definition) is 4. The molecule has 1 unspecified atom stereocenters. The van der Waals surface area contributed by atoms with Crippen LogP contribution >= 0.6 is 0 Å². The smallest absolute Gasteiger partial charge is 0.409 e. The van der Waals surface area contributed by atoms with Crippen LogP contribution in [0.1, 0.15) is 11.1 Å². The average molecular weight is 465 g/mol. The lowest BCUT2D eigenvalue weighted by Gasteiger charge is -2.31. The van der Waals surface area contributed by atoms with Gasteiger partial charge in [0.25, 0.3) is 0 Å². The molecule has 1 atom stereocenters. The molecule has 0 fully saturated rings. The van der Waals surface area contributed by atoms with Gasteiger partial charge in [0.1, 0.15) is 5.75 Å². The quantitative estimate of drug-likeness (QED) is 0.389. The molecule has 0 aliphatic carbocycles. The molecule has 2 aromatic heterocycles. The van der Waals surface area contributed by atoms with Gasteiger partial charge in [-0.25, -0.2) is 4.79 Å². The van der Waals surface area contributed by atoms with Gasteiger partial charge in [-0.15, -0.1) is 0 Å². The molecule has 0 saturated heterocycles. The van der Waals surface area contributed by atoms with E-state index >= 15 is 0 Å². The number of para-hydroxylation sites is 2. The molecular formula is C25H18F3N3O3. The lowest BCUT2D eigenvalue weighted by molar-refractivity contribution is -0.247. The summed E-state index contributed by atoms with van der Waals surface area (Å²) in [5, 5.41) is 15.7. The topological polar surface area (TPSA) is 69.3 Å². The van der Waals surface area contributed by atoms with E-state index in [9.17, 15) is 23.1 Å². The van der Waals surface area contributed by atoms with Gasteiger partial charge in [-0.1, -0.05) is 42.5 Å². The number of aliphatic hydroxyl groups is 1. The Balaban J connectivity index is 1.61. The van der Waals surface area contributed by atoms with E-state index in [1.807, 2.05) is 0 Å². The van der Waals surface area contributed by atoms with Gasteiger partial charge in [0, 0.05) is 35.1 Å². The summed E-state index contributed by atoms with van der Waals surface area (Å²) in [6.07, 6.45) is -3.30. The van der Waals surface area contributed by atoms with E-state index in [1.165, 1.54) is 35.2 Å². The summed E-state index contributed by atoms with van der Waals surface area (Å²) in [5.41, 5.74) is -3.16. The third-order valence-corrected chi connectivity index (χ3v) is 5.80. The first kappa shape index (κ1) is 21.7. The van der Waals surface area contributed by atoms with Crippen molar-refractivity contribution in [3.63, 3.8) is 0 Å². The number of fused-ring (bicyclic) bond motifs is 2. The van der Waals surface area contributed by atoms with Gasteiger partial charge in [-0.05, 0) is 35.9 Å². The van der Waals surface area contributed by atoms with Crippen LogP contribution in [0, 0.1) is 0 Å². The lowest BCUT2D eigenvalue weighted by Crippen LogP contribution is -2.43. The normalized spacial score (nSPS) is 13.8. The number of ether oxygens (including phenoxy) is 1. The van der Waals surface area contributed by atoms with Gasteiger partial charge in [0.15, 0.2) is 0 Å². The molecule has 2 heterocycles. The highest BCUT2D eigenvalue weighted by Crippen LogP contribution is 2.47. The maximum Gasteiger partial charge on any atom is 0.440 e. The van der Waals surface area contributed by atoms with Crippen molar-refractivity contribution in [3.8, 4) is 5.75 Å². The monoisotopic (exact) mass is 465 g/mol. The molecule has 9 heteroatoms. The number of hydrogen-bond donors (Lipinski definition) is 1. The molecule has 5 aromatic rings. The minimum atomic E-state index is -5.02. The van der Waals surface area contributed by atoms with E-state index in [0.717, 1.165) is 10.7 Å². The maximum atomic E-state index is 14.4. The number of halogens is 3. The molecule has 34 heavy (non-hydrogen) atoms. The van der Waals surface area contributed by atoms with Crippen LogP contribution in [0.3, 0.4) is 0 Å². The Hall–Kier alpha value is -4.11. The second-order valence-electron chi connectivity index (χ2n) is 7.89. The molecule has 172 valence electrons. The van der Waals surface area contributed by atoms with E-state index < -0.39 is 17.9 Å². The number of nitrogens with zero attached hydrogens (tertiary/aromatic N) is 3. The Bertz CT molecular complexity index is 1520. The van der Waals surface area contributed by atoms with Crippen molar-refractivity contribution in [1.29, 1.82) is 0 Å². The zero-order valence-electron chi connectivity index (χ0n) is 17.8. The molecule has 0 saturated carbocycles. The lowest BCUT2D eigenvalue weighted by atomic mass is 9.85. The largest absolute Gasteiger partial charge is 0.440 e. The zero-order chi connectivity index (χ0) is 24.1. The van der Waals surface area contributed by atoms with Crippen LogP contribution in [0.2, 0.25) is 0 Å². The highest BCUT2D eigenvalue weighted by molar-refractivity contribution is 5.90. The summed E-state index contributed by atoms with van der Waals surface area (Å²) >= 11 is 0. The van der Waals surface area contributed by atoms with E-state index in [4.69, 9.17) is 4.74 Å². The molecule has 0 aliphatic heterocycles. The van der Waals surface area contributed by atoms with E-state index in [1.54, 1.807) is 55.6 Å². The molecule has 0 spiro atoms. The number of carbonyl (C=O) groups excluding carboxylic acids is 1. The summed E-state index contributed by atoms with van der Waals surface area (Å²) in [7, 11) is 1.62. The predicted molar refractivity (Wildman–Crippen MR) is 120 cm³/mol. The van der Waals surface area contributed by atoms with Crippen molar-refractivity contribution in [2.24, 2.45) is 7.05 Å². The number of alkyl halides is 3. The molecular weight excluding hydrogens is 447 g/mol. The number of aromatic nitrogens is 3. The number of carbonyl (C=O) groups is 1. The molecule has 3 aromatic carbocycles. The second-order valence-corrected chi connectivity index (χ2v) is 7.89. The summed E-state index contributed by atoms with van der Waals surface area (Å²) in [5.74, 6) is 0.301. The minimum Gasteiger partial charge on any atom is -0.409 e. The van der Waals surface area contributed by atoms with Gasteiger partial charge < -0.3 is 14.4 Å². The van der Waals surface area contributed by atoms with Crippen molar-refractivity contribution in [1.82, 2.24) is 14.3 Å². The summed E-state index contributed by atoms with van der Waals surface area (Å²) in [4.78, 5) is 12.5. The Morgan fingerprint density at radius 1 is 0.971 bits per heavy atom. The standard InChI is InChI=1S/C25H18F3N3O3/c1-30-15-20(19-9-5-6-10-22(19)30)24(33,25(26,27)28)17-11-12-21-16(13-17)14-29-31(21)23(32)34-18-7-3-2-4-8-18/h2-15,33H,1H3. The molecule has 0 radical (unpaired) electrons. The first-order chi connectivity index (χ1) is 16.2. The van der Waals surface area contributed by atoms with Gasteiger partial charge >= 0.3 is 12.3 Å². The van der Waals surface area contributed by atoms with Crippen LogP contribution < -0.4 is 4.74 Å². The summed E-state index contributed by atoms with van der Waals surface area (Å²) < 4.78 is 51.1. The third kappa shape index (κ3) is 3.32. The molecule has 0 amide bonds. The van der Waals surface area contributed by atoms with Gasteiger partial charge in [0.2, 0.25) is 5.60 Å². The van der Waals surface area contributed by atoms with Crippen LogP contribution in [-0.2, 0) is 12.6 Å². The molecule has 0 bridgehead atoms. The van der Waals surface area contributed by atoms with Crippen molar-refractivity contribution >= 4 is 27.9 Å². The minimum absolute atomic E-state index is 0.241. The SMILES string of the molecule is Cn1cc(C(O)(c2ccc3c(cnn3C(=O)Oc3ccccc3)c2)C(F)(F)F)c2ccccc21. The fourth-order valence-corrected chi connectivity index (χ4v) is 4.14. The second kappa shape index (κ2) is 7.74. The van der Waals surface area contributed by atoms with Crippen LogP contribution in [0.4, 0.5) is 18.0 Å². The Kier molecular flexibility index (Phi) is 4.94. The Morgan fingerprint density at radius 2 is 1.68 bits per heavy atom. The first-order valence-corrected chi connectivity index (χ1v) is 10.3. The Morgan fingerprint density at radius 3 is 2.41 bits per heavy atom. The number of aryl methyl sites for hydroxylation is 1. The fraction of sp³-hybridized carbons (Fsp3) is 0.120. The highest BCUT2D eigenvalue weighted by atomic mass is 19.4. The Labute approximate surface area is 191 Å².